The highest BCUT2D eigenvalue weighted by Crippen LogP contribution is 2.42. The number of piperidine rings is 1. The molecule has 0 unspecified atom stereocenters. The molecule has 31 heavy (non-hydrogen) atoms. The number of likely N-dealkylation sites (tertiary alicyclic amines) is 1. The molecule has 2 aliphatic heterocycles. The molecule has 2 aromatic rings. The van der Waals surface area contributed by atoms with Gasteiger partial charge in [0.15, 0.2) is 11.5 Å². The van der Waals surface area contributed by atoms with Gasteiger partial charge >= 0.3 is 0 Å². The summed E-state index contributed by atoms with van der Waals surface area (Å²) in [7, 11) is 3.21. The van der Waals surface area contributed by atoms with Gasteiger partial charge in [0.1, 0.15) is 11.5 Å². The molecule has 9 nitrogen and oxygen atoms in total. The minimum atomic E-state index is -0.615. The quantitative estimate of drug-likeness (QED) is 0.748. The first-order valence-electron chi connectivity index (χ1n) is 10.3. The topological polar surface area (TPSA) is 111 Å². The number of rotatable bonds is 6. The van der Waals surface area contributed by atoms with Crippen molar-refractivity contribution < 1.29 is 19.1 Å². The number of nitrogens with two attached hydrogens (primary N) is 1. The number of carbonyl (C=O) groups excluding carboxylic acids is 2. The van der Waals surface area contributed by atoms with Crippen LogP contribution >= 0.6 is 0 Å². The second-order valence-electron chi connectivity index (χ2n) is 8.06. The Balaban J connectivity index is 1.53. The van der Waals surface area contributed by atoms with Gasteiger partial charge in [-0.2, -0.15) is 0 Å². The summed E-state index contributed by atoms with van der Waals surface area (Å²) in [4.78, 5) is 37.4. The molecule has 2 aliphatic rings. The maximum Gasteiger partial charge on any atom is 0.268 e. The molecular formula is C22H27N5O4. The highest BCUT2D eigenvalue weighted by Gasteiger charge is 2.48. The van der Waals surface area contributed by atoms with Crippen LogP contribution in [0.15, 0.2) is 30.6 Å². The molecule has 0 aliphatic carbocycles. The Morgan fingerprint density at radius 2 is 2.03 bits per heavy atom. The minimum Gasteiger partial charge on any atom is -0.493 e. The van der Waals surface area contributed by atoms with Crippen LogP contribution in [-0.4, -0.2) is 60.5 Å². The van der Waals surface area contributed by atoms with Gasteiger partial charge in [0.2, 0.25) is 5.91 Å². The van der Waals surface area contributed by atoms with Crippen LogP contribution in [0, 0.1) is 5.41 Å². The lowest BCUT2D eigenvalue weighted by Gasteiger charge is -2.39. The van der Waals surface area contributed by atoms with Gasteiger partial charge in [0.05, 0.1) is 32.0 Å². The summed E-state index contributed by atoms with van der Waals surface area (Å²) >= 11 is 0. The van der Waals surface area contributed by atoms with Crippen molar-refractivity contribution in [3.05, 3.63) is 41.9 Å². The number of nitrogens with zero attached hydrogens (tertiary/aromatic N) is 4. The van der Waals surface area contributed by atoms with Gasteiger partial charge in [0, 0.05) is 31.7 Å². The Kier molecular flexibility index (Phi) is 5.67. The summed E-state index contributed by atoms with van der Waals surface area (Å²) in [5, 5.41) is 0. The summed E-state index contributed by atoms with van der Waals surface area (Å²) in [5.41, 5.74) is 5.92. The molecule has 1 aromatic carbocycles. The van der Waals surface area contributed by atoms with E-state index in [0.29, 0.717) is 43.5 Å². The molecule has 4 rings (SSSR count). The Hall–Kier alpha value is -3.36. The molecule has 164 valence electrons. The van der Waals surface area contributed by atoms with E-state index in [9.17, 15) is 9.59 Å². The fourth-order valence-corrected chi connectivity index (χ4v) is 4.66. The lowest BCUT2D eigenvalue weighted by Crippen LogP contribution is -2.49. The monoisotopic (exact) mass is 425 g/mol. The molecular weight excluding hydrogens is 398 g/mol. The lowest BCUT2D eigenvalue weighted by molar-refractivity contribution is -0.145. The lowest BCUT2D eigenvalue weighted by atomic mass is 9.78. The Morgan fingerprint density at radius 1 is 1.19 bits per heavy atom. The zero-order valence-corrected chi connectivity index (χ0v) is 17.8. The maximum atomic E-state index is 13.6. The summed E-state index contributed by atoms with van der Waals surface area (Å²) in [6, 6.07) is 5.71. The number of methoxy groups -OCH3 is 2. The number of ether oxygens (including phenoxy) is 2. The molecule has 2 fully saturated rings. The van der Waals surface area contributed by atoms with E-state index in [1.807, 2.05) is 28.0 Å². The van der Waals surface area contributed by atoms with Crippen molar-refractivity contribution >= 4 is 17.6 Å². The van der Waals surface area contributed by atoms with E-state index in [1.54, 1.807) is 20.4 Å². The number of benzene rings is 1. The molecule has 9 heteroatoms. The van der Waals surface area contributed by atoms with Gasteiger partial charge < -0.3 is 25.0 Å². The van der Waals surface area contributed by atoms with E-state index in [-0.39, 0.29) is 11.6 Å². The molecule has 3 heterocycles. The number of hydrogen-bond donors (Lipinski definition) is 1. The van der Waals surface area contributed by atoms with Crippen LogP contribution in [0.1, 0.15) is 35.3 Å². The van der Waals surface area contributed by atoms with Crippen molar-refractivity contribution in [2.45, 2.75) is 25.8 Å². The minimum absolute atomic E-state index is 0.125. The number of hydrogen-bond acceptors (Lipinski definition) is 7. The fraction of sp³-hybridized carbons (Fsp3) is 0.455. The average molecular weight is 425 g/mol. The molecule has 0 saturated carbocycles. The number of aromatic nitrogens is 2. The second-order valence-corrected chi connectivity index (χ2v) is 8.06. The molecule has 2 saturated heterocycles. The molecule has 1 spiro atoms. The van der Waals surface area contributed by atoms with Crippen LogP contribution in [0.25, 0.3) is 0 Å². The molecule has 1 atom stereocenters. The fourth-order valence-electron chi connectivity index (χ4n) is 4.66. The van der Waals surface area contributed by atoms with Crippen molar-refractivity contribution in [2.75, 3.05) is 38.8 Å². The Bertz CT molecular complexity index is 998. The smallest absolute Gasteiger partial charge is 0.268 e. The van der Waals surface area contributed by atoms with Gasteiger partial charge in [-0.25, -0.2) is 4.98 Å². The van der Waals surface area contributed by atoms with Gasteiger partial charge in [-0.15, -0.1) is 0 Å². The van der Waals surface area contributed by atoms with E-state index in [4.69, 9.17) is 15.2 Å². The SMILES string of the molecule is COc1cccc(CN2CCC[C@@]3(CCN(c4cncc(C(N)=O)n4)C3)C2=O)c1OC. The first-order valence-corrected chi connectivity index (χ1v) is 10.3. The number of primary amides is 1. The van der Waals surface area contributed by atoms with Crippen LogP contribution in [-0.2, 0) is 11.3 Å². The highest BCUT2D eigenvalue weighted by atomic mass is 16.5. The van der Waals surface area contributed by atoms with E-state index in [2.05, 4.69) is 9.97 Å². The Labute approximate surface area is 181 Å². The molecule has 2 amide bonds. The summed E-state index contributed by atoms with van der Waals surface area (Å²) in [5.74, 6) is 1.41. The third-order valence-corrected chi connectivity index (χ3v) is 6.22. The average Bonchev–Trinajstić information content (AvgIpc) is 3.22. The van der Waals surface area contributed by atoms with Crippen LogP contribution in [0.2, 0.25) is 0 Å². The highest BCUT2D eigenvalue weighted by molar-refractivity contribution is 5.90. The van der Waals surface area contributed by atoms with Crippen molar-refractivity contribution in [1.29, 1.82) is 0 Å². The van der Waals surface area contributed by atoms with Gasteiger partial charge in [0.25, 0.3) is 5.91 Å². The van der Waals surface area contributed by atoms with Crippen molar-refractivity contribution in [2.24, 2.45) is 11.1 Å². The zero-order valence-electron chi connectivity index (χ0n) is 17.8. The van der Waals surface area contributed by atoms with Crippen molar-refractivity contribution in [3.8, 4) is 11.5 Å². The summed E-state index contributed by atoms with van der Waals surface area (Å²) in [6.45, 7) is 2.41. The van der Waals surface area contributed by atoms with Crippen molar-refractivity contribution in [3.63, 3.8) is 0 Å². The third kappa shape index (κ3) is 3.87. The zero-order chi connectivity index (χ0) is 22.0. The van der Waals surface area contributed by atoms with Gasteiger partial charge in [-0.3, -0.25) is 14.6 Å². The van der Waals surface area contributed by atoms with Crippen LogP contribution < -0.4 is 20.1 Å². The van der Waals surface area contributed by atoms with Crippen molar-refractivity contribution in [1.82, 2.24) is 14.9 Å². The van der Waals surface area contributed by atoms with E-state index in [1.165, 1.54) is 6.20 Å². The number of anilines is 1. The maximum absolute atomic E-state index is 13.6. The van der Waals surface area contributed by atoms with Gasteiger partial charge in [-0.05, 0) is 25.3 Å². The predicted octanol–water partition coefficient (Wildman–Crippen LogP) is 1.61. The standard InChI is InChI=1S/C22H27N5O4/c1-30-17-6-3-5-15(19(17)31-2)13-26-9-4-7-22(21(26)29)8-10-27(14-22)18-12-24-11-16(25-18)20(23)28/h3,5-6,11-12H,4,7-10,13-14H2,1-2H3,(H2,23,28)/t22-/m0/s1. The molecule has 0 bridgehead atoms. The van der Waals surface area contributed by atoms with Gasteiger partial charge in [-0.1, -0.05) is 12.1 Å². The van der Waals surface area contributed by atoms with Crippen LogP contribution in [0.3, 0.4) is 0 Å². The Morgan fingerprint density at radius 3 is 2.77 bits per heavy atom. The molecule has 1 aromatic heterocycles. The predicted molar refractivity (Wildman–Crippen MR) is 114 cm³/mol. The van der Waals surface area contributed by atoms with E-state index >= 15 is 0 Å². The number of para-hydroxylation sites is 1. The van der Waals surface area contributed by atoms with Crippen LogP contribution in [0.4, 0.5) is 5.82 Å². The van der Waals surface area contributed by atoms with E-state index in [0.717, 1.165) is 24.8 Å². The summed E-state index contributed by atoms with van der Waals surface area (Å²) < 4.78 is 10.9. The first kappa shape index (κ1) is 20.9. The first-order chi connectivity index (χ1) is 15.0. The van der Waals surface area contributed by atoms with E-state index < -0.39 is 11.3 Å². The second kappa shape index (κ2) is 8.41. The van der Waals surface area contributed by atoms with Crippen LogP contribution in [0.5, 0.6) is 11.5 Å². The molecule has 0 radical (unpaired) electrons. The number of amides is 2. The largest absolute Gasteiger partial charge is 0.493 e. The number of carbonyl (C=O) groups is 2. The normalized spacial score (nSPS) is 20.9. The summed E-state index contributed by atoms with van der Waals surface area (Å²) in [6.07, 6.45) is 5.46. The third-order valence-electron chi connectivity index (χ3n) is 6.22. The molecule has 2 N–H and O–H groups in total.